The molecule has 2 aromatic rings. The van der Waals surface area contributed by atoms with E-state index in [1.807, 2.05) is 0 Å². The summed E-state index contributed by atoms with van der Waals surface area (Å²) in [6.07, 6.45) is 3.18. The first-order valence-electron chi connectivity index (χ1n) is 4.61. The summed E-state index contributed by atoms with van der Waals surface area (Å²) >= 11 is 1.49. The second kappa shape index (κ2) is 4.31. The molecule has 7 heteroatoms. The quantitative estimate of drug-likeness (QED) is 0.808. The molecule has 0 unspecified atom stereocenters. The average molecular weight is 237 g/mol. The summed E-state index contributed by atoms with van der Waals surface area (Å²) in [6, 6.07) is 0. The molecule has 2 heterocycles. The molecule has 0 aromatic carbocycles. The smallest absolute Gasteiger partial charge is 0.271 e. The van der Waals surface area contributed by atoms with Crippen molar-refractivity contribution in [1.29, 1.82) is 0 Å². The van der Waals surface area contributed by atoms with E-state index in [9.17, 15) is 4.79 Å². The zero-order valence-corrected chi connectivity index (χ0v) is 9.49. The zero-order valence-electron chi connectivity index (χ0n) is 8.67. The molecule has 0 aliphatic carbocycles. The Morgan fingerprint density at radius 1 is 1.62 bits per heavy atom. The lowest BCUT2D eigenvalue weighted by molar-refractivity contribution is 0.0943. The predicted octanol–water partition coefficient (Wildman–Crippen LogP) is 0.389. The summed E-state index contributed by atoms with van der Waals surface area (Å²) < 4.78 is 1.46. The van der Waals surface area contributed by atoms with Gasteiger partial charge in [-0.25, -0.2) is 0 Å². The van der Waals surface area contributed by atoms with E-state index in [1.165, 1.54) is 22.2 Å². The third-order valence-electron chi connectivity index (χ3n) is 2.09. The Bertz CT molecular complexity index is 470. The van der Waals surface area contributed by atoms with Crippen LogP contribution in [-0.4, -0.2) is 20.7 Å². The average Bonchev–Trinajstić information content (AvgIpc) is 2.86. The van der Waals surface area contributed by atoms with E-state index in [4.69, 9.17) is 5.73 Å². The maximum absolute atomic E-state index is 11.8. The Morgan fingerprint density at radius 2 is 2.44 bits per heavy atom. The molecule has 0 aliphatic heterocycles. The molecule has 0 saturated heterocycles. The summed E-state index contributed by atoms with van der Waals surface area (Å²) in [7, 11) is 1.68. The highest BCUT2D eigenvalue weighted by atomic mass is 32.1. The van der Waals surface area contributed by atoms with Crippen LogP contribution in [-0.2, 0) is 13.6 Å². The van der Waals surface area contributed by atoms with Crippen LogP contribution < -0.4 is 11.1 Å². The molecule has 3 N–H and O–H groups in total. The second-order valence-corrected chi connectivity index (χ2v) is 4.19. The van der Waals surface area contributed by atoms with Crippen LogP contribution >= 0.6 is 11.3 Å². The number of hydrogen-bond donors (Lipinski definition) is 2. The van der Waals surface area contributed by atoms with Gasteiger partial charge in [-0.3, -0.25) is 14.5 Å². The molecule has 0 radical (unpaired) electrons. The first kappa shape index (κ1) is 10.6. The van der Waals surface area contributed by atoms with Crippen LogP contribution in [0, 0.1) is 0 Å². The van der Waals surface area contributed by atoms with Crippen LogP contribution in [0.5, 0.6) is 0 Å². The van der Waals surface area contributed by atoms with Crippen LogP contribution in [0.1, 0.15) is 15.4 Å². The van der Waals surface area contributed by atoms with Crippen LogP contribution in [0.2, 0.25) is 0 Å². The molecule has 84 valence electrons. The van der Waals surface area contributed by atoms with Gasteiger partial charge in [0.25, 0.3) is 5.91 Å². The number of nitrogens with one attached hydrogen (secondary N) is 1. The fourth-order valence-electron chi connectivity index (χ4n) is 1.31. The summed E-state index contributed by atoms with van der Waals surface area (Å²) in [5, 5.41) is 6.66. The van der Waals surface area contributed by atoms with Crippen molar-refractivity contribution < 1.29 is 4.79 Å². The molecular weight excluding hydrogens is 226 g/mol. The Labute approximate surface area is 96.1 Å². The van der Waals surface area contributed by atoms with Gasteiger partial charge in [0.05, 0.1) is 23.9 Å². The lowest BCUT2D eigenvalue weighted by atomic mass is 10.3. The van der Waals surface area contributed by atoms with Crippen LogP contribution in [0.4, 0.5) is 5.69 Å². The highest BCUT2D eigenvalue weighted by Crippen LogP contribution is 2.10. The van der Waals surface area contributed by atoms with Gasteiger partial charge in [0.1, 0.15) is 5.69 Å². The minimum absolute atomic E-state index is 0.231. The molecule has 0 saturated carbocycles. The van der Waals surface area contributed by atoms with E-state index in [0.29, 0.717) is 17.9 Å². The number of nitrogens with zero attached hydrogens (tertiary/aromatic N) is 3. The molecule has 16 heavy (non-hydrogen) atoms. The lowest BCUT2D eigenvalue weighted by Crippen LogP contribution is -2.25. The molecule has 2 aromatic heterocycles. The van der Waals surface area contributed by atoms with Gasteiger partial charge < -0.3 is 11.1 Å². The molecule has 1 amide bonds. The van der Waals surface area contributed by atoms with Gasteiger partial charge >= 0.3 is 0 Å². The van der Waals surface area contributed by atoms with Crippen molar-refractivity contribution >= 4 is 22.9 Å². The Hall–Kier alpha value is -1.89. The number of carbonyl (C=O) groups excluding carboxylic acids is 1. The van der Waals surface area contributed by atoms with E-state index in [-0.39, 0.29) is 5.91 Å². The van der Waals surface area contributed by atoms with E-state index >= 15 is 0 Å². The van der Waals surface area contributed by atoms with Crippen molar-refractivity contribution in [2.24, 2.45) is 7.05 Å². The minimum atomic E-state index is -0.231. The second-order valence-electron chi connectivity index (χ2n) is 3.22. The molecule has 0 spiro atoms. The van der Waals surface area contributed by atoms with Crippen molar-refractivity contribution in [1.82, 2.24) is 20.1 Å². The number of nitrogens with two attached hydrogens (primary N) is 1. The standard InChI is InChI=1S/C9H11N5OS/c1-14-8(7(10)4-13-14)9(15)12-3-6-2-11-5-16-6/h2,4-5H,3,10H2,1H3,(H,12,15). The third kappa shape index (κ3) is 2.03. The number of anilines is 1. The predicted molar refractivity (Wildman–Crippen MR) is 60.9 cm³/mol. The molecule has 0 atom stereocenters. The molecular formula is C9H11N5OS. The van der Waals surface area contributed by atoms with Gasteiger partial charge in [-0.15, -0.1) is 11.3 Å². The number of amides is 1. The minimum Gasteiger partial charge on any atom is -0.396 e. The normalized spacial score (nSPS) is 10.3. The topological polar surface area (TPSA) is 85.8 Å². The largest absolute Gasteiger partial charge is 0.396 e. The fourth-order valence-corrected chi connectivity index (χ4v) is 1.85. The number of rotatable bonds is 3. The van der Waals surface area contributed by atoms with Gasteiger partial charge in [-0.1, -0.05) is 0 Å². The summed E-state index contributed by atoms with van der Waals surface area (Å²) in [6.45, 7) is 0.452. The van der Waals surface area contributed by atoms with Crippen molar-refractivity contribution in [3.8, 4) is 0 Å². The van der Waals surface area contributed by atoms with Crippen molar-refractivity contribution in [2.45, 2.75) is 6.54 Å². The summed E-state index contributed by atoms with van der Waals surface area (Å²) in [5.74, 6) is -0.231. The Morgan fingerprint density at radius 3 is 3.00 bits per heavy atom. The number of carbonyl (C=O) groups is 1. The molecule has 6 nitrogen and oxygen atoms in total. The zero-order chi connectivity index (χ0) is 11.5. The summed E-state index contributed by atoms with van der Waals surface area (Å²) in [4.78, 5) is 16.7. The van der Waals surface area contributed by atoms with Gasteiger partial charge in [0.15, 0.2) is 0 Å². The van der Waals surface area contributed by atoms with Gasteiger partial charge in [0.2, 0.25) is 0 Å². The molecule has 0 aliphatic rings. The number of aryl methyl sites for hydroxylation is 1. The van der Waals surface area contributed by atoms with Gasteiger partial charge in [-0.2, -0.15) is 5.10 Å². The lowest BCUT2D eigenvalue weighted by Gasteiger charge is -2.04. The van der Waals surface area contributed by atoms with E-state index in [1.54, 1.807) is 18.8 Å². The molecule has 0 fully saturated rings. The van der Waals surface area contributed by atoms with Crippen molar-refractivity contribution in [2.75, 3.05) is 5.73 Å². The van der Waals surface area contributed by atoms with Crippen LogP contribution in [0.15, 0.2) is 17.9 Å². The Kier molecular flexibility index (Phi) is 2.86. The maximum Gasteiger partial charge on any atom is 0.271 e. The number of nitrogen functional groups attached to an aromatic ring is 1. The van der Waals surface area contributed by atoms with E-state index < -0.39 is 0 Å². The van der Waals surface area contributed by atoms with Crippen LogP contribution in [0.25, 0.3) is 0 Å². The third-order valence-corrected chi connectivity index (χ3v) is 2.87. The van der Waals surface area contributed by atoms with Crippen molar-refractivity contribution in [3.63, 3.8) is 0 Å². The van der Waals surface area contributed by atoms with Gasteiger partial charge in [0, 0.05) is 18.1 Å². The Balaban J connectivity index is 2.04. The fraction of sp³-hybridized carbons (Fsp3) is 0.222. The highest BCUT2D eigenvalue weighted by molar-refractivity contribution is 7.09. The van der Waals surface area contributed by atoms with Crippen molar-refractivity contribution in [3.05, 3.63) is 28.5 Å². The highest BCUT2D eigenvalue weighted by Gasteiger charge is 2.14. The van der Waals surface area contributed by atoms with E-state index in [0.717, 1.165) is 4.88 Å². The van der Waals surface area contributed by atoms with E-state index in [2.05, 4.69) is 15.4 Å². The first-order valence-corrected chi connectivity index (χ1v) is 5.49. The molecule has 0 bridgehead atoms. The molecule has 2 rings (SSSR count). The number of thiazole rings is 1. The number of aromatic nitrogens is 3. The first-order chi connectivity index (χ1) is 7.68. The maximum atomic E-state index is 11.8. The SMILES string of the molecule is Cn1ncc(N)c1C(=O)NCc1cncs1. The van der Waals surface area contributed by atoms with Crippen LogP contribution in [0.3, 0.4) is 0 Å². The monoisotopic (exact) mass is 237 g/mol. The summed E-state index contributed by atoms with van der Waals surface area (Å²) in [5.41, 5.74) is 8.12. The van der Waals surface area contributed by atoms with Gasteiger partial charge in [-0.05, 0) is 0 Å². The number of hydrogen-bond acceptors (Lipinski definition) is 5.